The van der Waals surface area contributed by atoms with Gasteiger partial charge in [0.15, 0.2) is 5.69 Å². The number of aromatic carboxylic acids is 1. The zero-order valence-electron chi connectivity index (χ0n) is 7.07. The van der Waals surface area contributed by atoms with Crippen molar-refractivity contribution in [1.82, 2.24) is 4.98 Å². The van der Waals surface area contributed by atoms with Crippen molar-refractivity contribution in [3.05, 3.63) is 40.6 Å². The lowest BCUT2D eigenvalue weighted by Crippen LogP contribution is -2.01. The molecule has 0 bridgehead atoms. The first-order valence-electron chi connectivity index (χ1n) is 3.96. The number of carbonyl (C=O) groups is 1. The van der Waals surface area contributed by atoms with Crippen LogP contribution >= 0.6 is 15.9 Å². The van der Waals surface area contributed by atoms with E-state index in [0.29, 0.717) is 5.39 Å². The molecule has 4 heteroatoms. The van der Waals surface area contributed by atoms with Gasteiger partial charge < -0.3 is 5.11 Å². The van der Waals surface area contributed by atoms with Gasteiger partial charge in [0.25, 0.3) is 0 Å². The molecule has 0 saturated carbocycles. The number of nitrogens with zero attached hydrogens (tertiary/aromatic N) is 1. The molecule has 0 fully saturated rings. The first-order valence-corrected chi connectivity index (χ1v) is 4.76. The summed E-state index contributed by atoms with van der Waals surface area (Å²) < 4.78 is 0.750. The highest BCUT2D eigenvalue weighted by atomic mass is 79.9. The van der Waals surface area contributed by atoms with Crippen molar-refractivity contribution in [2.45, 2.75) is 0 Å². The highest BCUT2D eigenvalue weighted by molar-refractivity contribution is 9.10. The third-order valence-corrected chi connectivity index (χ3v) is 2.60. The summed E-state index contributed by atoms with van der Waals surface area (Å²) in [5.41, 5.74) is 0.0787. The number of carboxylic acids is 1. The number of fused-ring (bicyclic) bond motifs is 1. The van der Waals surface area contributed by atoms with E-state index >= 15 is 0 Å². The Morgan fingerprint density at radius 3 is 2.86 bits per heavy atom. The van der Waals surface area contributed by atoms with Crippen molar-refractivity contribution < 1.29 is 9.90 Å². The Morgan fingerprint density at radius 2 is 2.14 bits per heavy atom. The standard InChI is InChI=1S/C10H6BrNO2/c11-7-3-1-2-6-4-5-12-9(8(6)7)10(13)14/h1-5H,(H,13,14). The molecule has 1 N–H and O–H groups in total. The summed E-state index contributed by atoms with van der Waals surface area (Å²) in [6, 6.07) is 7.30. The largest absolute Gasteiger partial charge is 0.476 e. The van der Waals surface area contributed by atoms with Crippen LogP contribution in [0.1, 0.15) is 10.5 Å². The molecule has 70 valence electrons. The first kappa shape index (κ1) is 9.15. The van der Waals surface area contributed by atoms with Gasteiger partial charge in [-0.05, 0) is 17.5 Å². The van der Waals surface area contributed by atoms with Crippen molar-refractivity contribution in [2.75, 3.05) is 0 Å². The van der Waals surface area contributed by atoms with E-state index in [0.717, 1.165) is 9.86 Å². The monoisotopic (exact) mass is 251 g/mol. The van der Waals surface area contributed by atoms with Crippen LogP contribution in [0.15, 0.2) is 34.9 Å². The smallest absolute Gasteiger partial charge is 0.355 e. The van der Waals surface area contributed by atoms with E-state index in [1.54, 1.807) is 12.1 Å². The van der Waals surface area contributed by atoms with Crippen LogP contribution in [0.5, 0.6) is 0 Å². The van der Waals surface area contributed by atoms with Crippen LogP contribution in [-0.2, 0) is 0 Å². The molecule has 0 aliphatic carbocycles. The Labute approximate surface area is 88.5 Å². The molecule has 0 unspecified atom stereocenters. The minimum atomic E-state index is -1.01. The van der Waals surface area contributed by atoms with Crippen LogP contribution in [0.4, 0.5) is 0 Å². The number of halogens is 1. The van der Waals surface area contributed by atoms with Crippen LogP contribution < -0.4 is 0 Å². The molecule has 14 heavy (non-hydrogen) atoms. The van der Waals surface area contributed by atoms with Crippen LogP contribution in [0.3, 0.4) is 0 Å². The lowest BCUT2D eigenvalue weighted by atomic mass is 10.1. The second kappa shape index (κ2) is 3.38. The number of rotatable bonds is 1. The van der Waals surface area contributed by atoms with Crippen molar-refractivity contribution >= 4 is 32.7 Å². The molecule has 0 aliphatic rings. The molecule has 3 nitrogen and oxygen atoms in total. The van der Waals surface area contributed by atoms with Gasteiger partial charge in [-0.1, -0.05) is 28.1 Å². The molecular weight excluding hydrogens is 246 g/mol. The molecule has 1 heterocycles. The van der Waals surface area contributed by atoms with E-state index in [9.17, 15) is 4.79 Å². The van der Waals surface area contributed by atoms with E-state index in [4.69, 9.17) is 5.11 Å². The minimum Gasteiger partial charge on any atom is -0.476 e. The van der Waals surface area contributed by atoms with Crippen molar-refractivity contribution in [2.24, 2.45) is 0 Å². The van der Waals surface area contributed by atoms with Crippen LogP contribution in [0.2, 0.25) is 0 Å². The summed E-state index contributed by atoms with van der Waals surface area (Å²) in [6.45, 7) is 0. The lowest BCUT2D eigenvalue weighted by molar-refractivity contribution is 0.0693. The van der Waals surface area contributed by atoms with E-state index in [2.05, 4.69) is 20.9 Å². The zero-order chi connectivity index (χ0) is 10.1. The predicted molar refractivity (Wildman–Crippen MR) is 56.4 cm³/mol. The lowest BCUT2D eigenvalue weighted by Gasteiger charge is -2.02. The maximum Gasteiger partial charge on any atom is 0.355 e. The molecule has 0 atom stereocenters. The van der Waals surface area contributed by atoms with Crippen LogP contribution in [0, 0.1) is 0 Å². The maximum atomic E-state index is 10.9. The number of hydrogen-bond donors (Lipinski definition) is 1. The number of pyridine rings is 1. The molecule has 2 aromatic rings. The zero-order valence-corrected chi connectivity index (χ0v) is 8.65. The number of carboxylic acid groups (broad SMARTS) is 1. The normalized spacial score (nSPS) is 10.4. The summed E-state index contributed by atoms with van der Waals surface area (Å²) in [7, 11) is 0. The highest BCUT2D eigenvalue weighted by Gasteiger charge is 2.11. The fourth-order valence-corrected chi connectivity index (χ4v) is 1.92. The third kappa shape index (κ3) is 1.37. The Bertz CT molecular complexity index is 505. The Morgan fingerprint density at radius 1 is 1.36 bits per heavy atom. The summed E-state index contributed by atoms with van der Waals surface area (Å²) in [5, 5.41) is 10.4. The van der Waals surface area contributed by atoms with Crippen molar-refractivity contribution in [3.8, 4) is 0 Å². The van der Waals surface area contributed by atoms with Crippen molar-refractivity contribution in [3.63, 3.8) is 0 Å². The van der Waals surface area contributed by atoms with Gasteiger partial charge in [-0.15, -0.1) is 0 Å². The number of benzene rings is 1. The summed E-state index contributed by atoms with van der Waals surface area (Å²) >= 11 is 3.31. The SMILES string of the molecule is O=C(O)c1nccc2cccc(Br)c12. The molecule has 0 saturated heterocycles. The molecule has 2 rings (SSSR count). The van der Waals surface area contributed by atoms with Gasteiger partial charge in [0, 0.05) is 16.1 Å². The van der Waals surface area contributed by atoms with Gasteiger partial charge in [-0.3, -0.25) is 0 Å². The average Bonchev–Trinajstić information content (AvgIpc) is 2.17. The van der Waals surface area contributed by atoms with E-state index in [1.165, 1.54) is 6.20 Å². The van der Waals surface area contributed by atoms with Gasteiger partial charge in [-0.25, -0.2) is 9.78 Å². The number of hydrogen-bond acceptors (Lipinski definition) is 2. The Balaban J connectivity index is 2.91. The fraction of sp³-hybridized carbons (Fsp3) is 0. The molecule has 0 aliphatic heterocycles. The molecule has 1 aromatic heterocycles. The van der Waals surface area contributed by atoms with Gasteiger partial charge >= 0.3 is 5.97 Å². The maximum absolute atomic E-state index is 10.9. The van der Waals surface area contributed by atoms with E-state index < -0.39 is 5.97 Å². The molecular formula is C10H6BrNO2. The quantitative estimate of drug-likeness (QED) is 0.848. The summed E-state index contributed by atoms with van der Waals surface area (Å²) in [5.74, 6) is -1.01. The second-order valence-corrected chi connectivity index (χ2v) is 3.66. The third-order valence-electron chi connectivity index (χ3n) is 1.94. The number of aromatic nitrogens is 1. The van der Waals surface area contributed by atoms with Gasteiger partial charge in [0.05, 0.1) is 0 Å². The van der Waals surface area contributed by atoms with Gasteiger partial charge in [0.1, 0.15) is 0 Å². The minimum absolute atomic E-state index is 0.0787. The summed E-state index contributed by atoms with van der Waals surface area (Å²) in [6.07, 6.45) is 1.50. The molecule has 1 aromatic carbocycles. The second-order valence-electron chi connectivity index (χ2n) is 2.80. The van der Waals surface area contributed by atoms with Gasteiger partial charge in [0.2, 0.25) is 0 Å². The predicted octanol–water partition coefficient (Wildman–Crippen LogP) is 2.70. The highest BCUT2D eigenvalue weighted by Crippen LogP contribution is 2.25. The van der Waals surface area contributed by atoms with Crippen LogP contribution in [-0.4, -0.2) is 16.1 Å². The molecule has 0 radical (unpaired) electrons. The topological polar surface area (TPSA) is 50.2 Å². The van der Waals surface area contributed by atoms with E-state index in [1.807, 2.05) is 12.1 Å². The Kier molecular flexibility index (Phi) is 2.21. The first-order chi connectivity index (χ1) is 6.70. The Hall–Kier alpha value is -1.42. The van der Waals surface area contributed by atoms with Crippen molar-refractivity contribution in [1.29, 1.82) is 0 Å². The fourth-order valence-electron chi connectivity index (χ4n) is 1.35. The molecule has 0 amide bonds. The van der Waals surface area contributed by atoms with E-state index in [-0.39, 0.29) is 5.69 Å². The van der Waals surface area contributed by atoms with Crippen LogP contribution in [0.25, 0.3) is 10.8 Å². The van der Waals surface area contributed by atoms with Gasteiger partial charge in [-0.2, -0.15) is 0 Å². The molecule has 0 spiro atoms. The average molecular weight is 252 g/mol. The summed E-state index contributed by atoms with van der Waals surface area (Å²) in [4.78, 5) is 14.7.